The van der Waals surface area contributed by atoms with Crippen molar-refractivity contribution in [3.8, 4) is 17.1 Å². The Morgan fingerprint density at radius 3 is 2.48 bits per heavy atom. The minimum Gasteiger partial charge on any atom is -0.497 e. The molecule has 0 aliphatic heterocycles. The number of tetrazole rings is 1. The van der Waals surface area contributed by atoms with Crippen molar-refractivity contribution >= 4 is 33.6 Å². The van der Waals surface area contributed by atoms with Crippen LogP contribution in [0.5, 0.6) is 5.75 Å². The molecule has 0 radical (unpaired) electrons. The molecule has 27 heavy (non-hydrogen) atoms. The fourth-order valence-electron chi connectivity index (χ4n) is 2.16. The molecule has 2 N–H and O–H groups in total. The van der Waals surface area contributed by atoms with Crippen LogP contribution in [0.3, 0.4) is 0 Å². The predicted octanol–water partition coefficient (Wildman–Crippen LogP) is 2.46. The van der Waals surface area contributed by atoms with Gasteiger partial charge in [-0.3, -0.25) is 10.1 Å². The van der Waals surface area contributed by atoms with Gasteiger partial charge in [0.1, 0.15) is 12.3 Å². The summed E-state index contributed by atoms with van der Waals surface area (Å²) in [5.41, 5.74) is 1.29. The highest BCUT2D eigenvalue weighted by Crippen LogP contribution is 2.17. The summed E-state index contributed by atoms with van der Waals surface area (Å²) in [6, 6.07) is 13.4. The molecule has 138 valence electrons. The molecule has 1 heterocycles. The number of ether oxygens (including phenoxy) is 1. The number of hydrogen-bond acceptors (Lipinski definition) is 6. The summed E-state index contributed by atoms with van der Waals surface area (Å²) in [6.45, 7) is -0.237. The molecule has 0 bridgehead atoms. The molecule has 0 spiro atoms. The minimum absolute atomic E-state index is 0.237. The average molecular weight is 431 g/mol. The molecule has 0 fully saturated rings. The van der Waals surface area contributed by atoms with Crippen molar-refractivity contribution in [3.05, 3.63) is 53.0 Å². The van der Waals surface area contributed by atoms with Crippen molar-refractivity contribution < 1.29 is 14.3 Å². The number of amides is 3. The van der Waals surface area contributed by atoms with Crippen molar-refractivity contribution in [2.75, 3.05) is 12.4 Å². The molecule has 0 saturated carbocycles. The zero-order chi connectivity index (χ0) is 19.2. The Morgan fingerprint density at radius 1 is 1.11 bits per heavy atom. The molecule has 3 aromatic rings. The van der Waals surface area contributed by atoms with E-state index in [0.29, 0.717) is 17.3 Å². The predicted molar refractivity (Wildman–Crippen MR) is 101 cm³/mol. The first-order valence-electron chi connectivity index (χ1n) is 7.82. The van der Waals surface area contributed by atoms with Crippen LogP contribution in [0.15, 0.2) is 53.0 Å². The van der Waals surface area contributed by atoms with Crippen LogP contribution < -0.4 is 15.4 Å². The summed E-state index contributed by atoms with van der Waals surface area (Å²) in [7, 11) is 1.55. The molecule has 1 aromatic heterocycles. The van der Waals surface area contributed by atoms with Gasteiger partial charge in [-0.15, -0.1) is 10.2 Å². The standard InChI is InChI=1S/C17H15BrN6O3/c1-27-14-8-6-13(7-9-14)19-17(26)20-15(25)10-24-22-16(21-23-24)11-2-4-12(18)5-3-11/h2-9H,10H2,1H3,(H2,19,20,25,26). The Labute approximate surface area is 162 Å². The summed E-state index contributed by atoms with van der Waals surface area (Å²) in [5.74, 6) is 0.481. The largest absolute Gasteiger partial charge is 0.497 e. The summed E-state index contributed by atoms with van der Waals surface area (Å²) in [6.07, 6.45) is 0. The lowest BCUT2D eigenvalue weighted by Gasteiger charge is -2.07. The lowest BCUT2D eigenvalue weighted by atomic mass is 10.2. The van der Waals surface area contributed by atoms with Crippen LogP contribution in [0.25, 0.3) is 11.4 Å². The molecule has 9 nitrogen and oxygen atoms in total. The normalized spacial score (nSPS) is 10.3. The topological polar surface area (TPSA) is 111 Å². The van der Waals surface area contributed by atoms with Crippen molar-refractivity contribution in [2.45, 2.75) is 6.54 Å². The Balaban J connectivity index is 1.54. The molecule has 0 aliphatic carbocycles. The molecule has 0 atom stereocenters. The highest BCUT2D eigenvalue weighted by molar-refractivity contribution is 9.10. The van der Waals surface area contributed by atoms with E-state index in [4.69, 9.17) is 4.74 Å². The molecule has 0 saturated heterocycles. The first kappa shape index (κ1) is 18.5. The van der Waals surface area contributed by atoms with Crippen LogP contribution in [-0.4, -0.2) is 39.3 Å². The van der Waals surface area contributed by atoms with E-state index in [2.05, 4.69) is 42.0 Å². The highest BCUT2D eigenvalue weighted by Gasteiger charge is 2.12. The fourth-order valence-corrected chi connectivity index (χ4v) is 2.42. The van der Waals surface area contributed by atoms with Gasteiger partial charge in [-0.25, -0.2) is 4.79 Å². The first-order chi connectivity index (χ1) is 13.0. The molecule has 3 rings (SSSR count). The third-order valence-corrected chi connectivity index (χ3v) is 3.97. The van der Waals surface area contributed by atoms with Gasteiger partial charge in [-0.05, 0) is 53.7 Å². The smallest absolute Gasteiger partial charge is 0.325 e. The third kappa shape index (κ3) is 5.11. The Kier molecular flexibility index (Phi) is 5.77. The van der Waals surface area contributed by atoms with E-state index in [1.54, 1.807) is 31.4 Å². The van der Waals surface area contributed by atoms with Gasteiger partial charge in [0.2, 0.25) is 5.82 Å². The lowest BCUT2D eigenvalue weighted by Crippen LogP contribution is -2.37. The number of nitrogens with zero attached hydrogens (tertiary/aromatic N) is 4. The maximum absolute atomic E-state index is 12.0. The van der Waals surface area contributed by atoms with Gasteiger partial charge >= 0.3 is 6.03 Å². The number of nitrogens with one attached hydrogen (secondary N) is 2. The van der Waals surface area contributed by atoms with Gasteiger partial charge in [0, 0.05) is 15.7 Å². The number of halogens is 1. The van der Waals surface area contributed by atoms with Crippen LogP contribution in [0, 0.1) is 0 Å². The second kappa shape index (κ2) is 8.41. The van der Waals surface area contributed by atoms with E-state index in [1.807, 2.05) is 24.3 Å². The Hall–Kier alpha value is -3.27. The number of carbonyl (C=O) groups excluding carboxylic acids is 2. The molecule has 10 heteroatoms. The maximum atomic E-state index is 12.0. The van der Waals surface area contributed by atoms with E-state index in [9.17, 15) is 9.59 Å². The summed E-state index contributed by atoms with van der Waals surface area (Å²) >= 11 is 3.35. The number of carbonyl (C=O) groups is 2. The van der Waals surface area contributed by atoms with Crippen molar-refractivity contribution in [1.29, 1.82) is 0 Å². The van der Waals surface area contributed by atoms with Gasteiger partial charge in [-0.1, -0.05) is 15.9 Å². The molecule has 0 aliphatic rings. The van der Waals surface area contributed by atoms with E-state index >= 15 is 0 Å². The maximum Gasteiger partial charge on any atom is 0.325 e. The second-order valence-electron chi connectivity index (χ2n) is 5.38. The zero-order valence-electron chi connectivity index (χ0n) is 14.2. The van der Waals surface area contributed by atoms with E-state index < -0.39 is 11.9 Å². The lowest BCUT2D eigenvalue weighted by molar-refractivity contribution is -0.120. The molecule has 2 aromatic carbocycles. The van der Waals surface area contributed by atoms with Crippen molar-refractivity contribution in [2.24, 2.45) is 0 Å². The highest BCUT2D eigenvalue weighted by atomic mass is 79.9. The van der Waals surface area contributed by atoms with Crippen molar-refractivity contribution in [1.82, 2.24) is 25.5 Å². The van der Waals surface area contributed by atoms with Gasteiger partial charge < -0.3 is 10.1 Å². The minimum atomic E-state index is -0.654. The quantitative estimate of drug-likeness (QED) is 0.642. The Morgan fingerprint density at radius 2 is 1.81 bits per heavy atom. The van der Waals surface area contributed by atoms with E-state index in [0.717, 1.165) is 14.8 Å². The van der Waals surface area contributed by atoms with Gasteiger partial charge in [0.15, 0.2) is 0 Å². The number of methoxy groups -OCH3 is 1. The molecule has 0 unspecified atom stereocenters. The number of aromatic nitrogens is 4. The Bertz CT molecular complexity index is 940. The first-order valence-corrected chi connectivity index (χ1v) is 8.61. The second-order valence-corrected chi connectivity index (χ2v) is 6.30. The van der Waals surface area contributed by atoms with E-state index in [1.165, 1.54) is 0 Å². The van der Waals surface area contributed by atoms with Gasteiger partial charge in [-0.2, -0.15) is 4.80 Å². The van der Waals surface area contributed by atoms with Crippen LogP contribution >= 0.6 is 15.9 Å². The number of hydrogen-bond donors (Lipinski definition) is 2. The number of urea groups is 1. The van der Waals surface area contributed by atoms with Crippen LogP contribution in [0.1, 0.15) is 0 Å². The number of imide groups is 1. The van der Waals surface area contributed by atoms with Gasteiger partial charge in [0.05, 0.1) is 7.11 Å². The van der Waals surface area contributed by atoms with Crippen LogP contribution in [-0.2, 0) is 11.3 Å². The number of rotatable bonds is 5. The van der Waals surface area contributed by atoms with Crippen LogP contribution in [0.4, 0.5) is 10.5 Å². The number of anilines is 1. The SMILES string of the molecule is COc1ccc(NC(=O)NC(=O)Cn2nnc(-c3ccc(Br)cc3)n2)cc1. The monoisotopic (exact) mass is 430 g/mol. The third-order valence-electron chi connectivity index (χ3n) is 3.44. The van der Waals surface area contributed by atoms with Crippen molar-refractivity contribution in [3.63, 3.8) is 0 Å². The van der Waals surface area contributed by atoms with Crippen LogP contribution in [0.2, 0.25) is 0 Å². The fraction of sp³-hybridized carbons (Fsp3) is 0.118. The molecular weight excluding hydrogens is 416 g/mol. The summed E-state index contributed by atoms with van der Waals surface area (Å²) < 4.78 is 5.97. The van der Waals surface area contributed by atoms with Gasteiger partial charge in [0.25, 0.3) is 5.91 Å². The zero-order valence-corrected chi connectivity index (χ0v) is 15.8. The summed E-state index contributed by atoms with van der Waals surface area (Å²) in [4.78, 5) is 25.0. The number of benzene rings is 2. The molecule has 3 amide bonds. The van der Waals surface area contributed by atoms with E-state index in [-0.39, 0.29) is 6.54 Å². The summed E-state index contributed by atoms with van der Waals surface area (Å²) in [5, 5.41) is 16.6. The molecular formula is C17H15BrN6O3. The average Bonchev–Trinajstić information content (AvgIpc) is 3.11.